The molecule has 1 fully saturated rings. The minimum atomic E-state index is 0.907. The molecule has 116 valence electrons. The Morgan fingerprint density at radius 2 is 1.68 bits per heavy atom. The summed E-state index contributed by atoms with van der Waals surface area (Å²) in [6.45, 7) is 4.42. The minimum absolute atomic E-state index is 0.907. The molecule has 1 aromatic carbocycles. The number of hydrogen-bond donors (Lipinski definition) is 0. The Morgan fingerprint density at radius 1 is 1.00 bits per heavy atom. The van der Waals surface area contributed by atoms with E-state index in [0.29, 0.717) is 0 Å². The Bertz CT molecular complexity index is 637. The summed E-state index contributed by atoms with van der Waals surface area (Å²) in [5.41, 5.74) is 3.42. The van der Waals surface area contributed by atoms with Crippen molar-refractivity contribution >= 4 is 27.8 Å². The van der Waals surface area contributed by atoms with E-state index in [-0.39, 0.29) is 0 Å². The topological polar surface area (TPSA) is 31.8 Å². The highest BCUT2D eigenvalue weighted by Crippen LogP contribution is 2.24. The fourth-order valence-corrected chi connectivity index (χ4v) is 3.52. The summed E-state index contributed by atoms with van der Waals surface area (Å²) in [6, 6.07) is 8.45. The fraction of sp³-hybridized carbons (Fsp3) is 0.471. The van der Waals surface area contributed by atoms with E-state index >= 15 is 0 Å². The molecule has 0 saturated carbocycles. The van der Waals surface area contributed by atoms with Gasteiger partial charge in [0.05, 0.1) is 12.2 Å². The van der Waals surface area contributed by atoms with Crippen LogP contribution in [0.4, 0.5) is 16.5 Å². The number of aryl methyl sites for hydroxylation is 1. The third kappa shape index (κ3) is 3.53. The van der Waals surface area contributed by atoms with E-state index in [0.717, 1.165) is 10.8 Å². The van der Waals surface area contributed by atoms with Crippen LogP contribution in [0.2, 0.25) is 0 Å². The van der Waals surface area contributed by atoms with Gasteiger partial charge in [0.1, 0.15) is 11.4 Å². The van der Waals surface area contributed by atoms with Crippen molar-refractivity contribution in [2.75, 3.05) is 18.0 Å². The first kappa shape index (κ1) is 15.2. The summed E-state index contributed by atoms with van der Waals surface area (Å²) in [5, 5.41) is 11.7. The molecule has 0 unspecified atom stereocenters. The van der Waals surface area contributed by atoms with Gasteiger partial charge in [0.2, 0.25) is 0 Å². The maximum Gasteiger partial charge on any atom is 0.408 e. The number of azo groups is 1. The smallest absolute Gasteiger partial charge is 0.372 e. The second-order valence-corrected chi connectivity index (χ2v) is 6.67. The molecular formula is C17H23N4S+. The Kier molecular flexibility index (Phi) is 4.83. The van der Waals surface area contributed by atoms with Crippen molar-refractivity contribution in [3.8, 4) is 0 Å². The van der Waals surface area contributed by atoms with Gasteiger partial charge in [0.25, 0.3) is 0 Å². The van der Waals surface area contributed by atoms with Gasteiger partial charge >= 0.3 is 5.13 Å². The predicted molar refractivity (Wildman–Crippen MR) is 91.5 cm³/mol. The normalized spacial score (nSPS) is 16.2. The third-order valence-electron chi connectivity index (χ3n) is 4.22. The molecule has 0 atom stereocenters. The van der Waals surface area contributed by atoms with Crippen molar-refractivity contribution in [3.63, 3.8) is 0 Å². The SMILES string of the molecule is Cc1csc(/N=N/c2ccc(N3CCCCCC3)cc2)[n+]1C. The lowest BCUT2D eigenvalue weighted by molar-refractivity contribution is -0.660. The summed E-state index contributed by atoms with van der Waals surface area (Å²) < 4.78 is 2.06. The van der Waals surface area contributed by atoms with Crippen LogP contribution in [-0.2, 0) is 7.05 Å². The summed E-state index contributed by atoms with van der Waals surface area (Å²) in [4.78, 5) is 2.48. The average Bonchev–Trinajstić information content (AvgIpc) is 2.76. The van der Waals surface area contributed by atoms with Gasteiger partial charge in [-0.2, -0.15) is 0 Å². The number of anilines is 1. The lowest BCUT2D eigenvalue weighted by Gasteiger charge is -2.22. The molecule has 22 heavy (non-hydrogen) atoms. The molecule has 0 bridgehead atoms. The van der Waals surface area contributed by atoms with Crippen molar-refractivity contribution in [3.05, 3.63) is 35.3 Å². The number of thiazole rings is 1. The summed E-state index contributed by atoms with van der Waals surface area (Å²) in [5.74, 6) is 0. The van der Waals surface area contributed by atoms with Crippen LogP contribution in [0.1, 0.15) is 31.4 Å². The van der Waals surface area contributed by atoms with Crippen molar-refractivity contribution in [1.29, 1.82) is 0 Å². The van der Waals surface area contributed by atoms with Crippen LogP contribution < -0.4 is 9.47 Å². The second kappa shape index (κ2) is 7.01. The van der Waals surface area contributed by atoms with Gasteiger partial charge in [-0.1, -0.05) is 12.8 Å². The molecule has 0 amide bonds. The van der Waals surface area contributed by atoms with Gasteiger partial charge in [-0.05, 0) is 60.5 Å². The maximum atomic E-state index is 4.35. The Hall–Kier alpha value is -1.75. The van der Waals surface area contributed by atoms with Crippen molar-refractivity contribution in [2.24, 2.45) is 17.3 Å². The van der Waals surface area contributed by atoms with Crippen molar-refractivity contribution in [2.45, 2.75) is 32.6 Å². The van der Waals surface area contributed by atoms with E-state index in [1.807, 2.05) is 7.05 Å². The van der Waals surface area contributed by atoms with Crippen LogP contribution >= 0.6 is 11.3 Å². The zero-order valence-corrected chi connectivity index (χ0v) is 14.1. The zero-order chi connectivity index (χ0) is 15.4. The highest BCUT2D eigenvalue weighted by Gasteiger charge is 2.12. The lowest BCUT2D eigenvalue weighted by Crippen LogP contribution is -2.28. The highest BCUT2D eigenvalue weighted by atomic mass is 32.1. The number of hydrogen-bond acceptors (Lipinski definition) is 4. The zero-order valence-electron chi connectivity index (χ0n) is 13.3. The van der Waals surface area contributed by atoms with Gasteiger partial charge in [0, 0.05) is 24.2 Å². The number of aromatic nitrogens is 1. The molecule has 2 aromatic rings. The Balaban J connectivity index is 1.69. The number of benzene rings is 1. The summed E-state index contributed by atoms with van der Waals surface area (Å²) >= 11 is 1.62. The monoisotopic (exact) mass is 315 g/mol. The Morgan fingerprint density at radius 3 is 2.27 bits per heavy atom. The van der Waals surface area contributed by atoms with Crippen LogP contribution in [0.15, 0.2) is 39.9 Å². The van der Waals surface area contributed by atoms with Crippen LogP contribution in [0.25, 0.3) is 0 Å². The molecule has 0 radical (unpaired) electrons. The molecule has 1 aliphatic rings. The number of nitrogens with zero attached hydrogens (tertiary/aromatic N) is 4. The Labute approximate surface area is 136 Å². The van der Waals surface area contributed by atoms with E-state index in [4.69, 9.17) is 0 Å². The molecular weight excluding hydrogens is 292 g/mol. The van der Waals surface area contributed by atoms with E-state index in [1.165, 1.54) is 50.2 Å². The molecule has 3 rings (SSSR count). The van der Waals surface area contributed by atoms with Gasteiger partial charge in [-0.3, -0.25) is 0 Å². The van der Waals surface area contributed by atoms with Crippen LogP contribution in [0.3, 0.4) is 0 Å². The largest absolute Gasteiger partial charge is 0.408 e. The highest BCUT2D eigenvalue weighted by molar-refractivity contribution is 7.12. The lowest BCUT2D eigenvalue weighted by atomic mass is 10.2. The molecule has 0 aliphatic carbocycles. The van der Waals surface area contributed by atoms with Crippen LogP contribution in [-0.4, -0.2) is 13.1 Å². The van der Waals surface area contributed by atoms with Gasteiger partial charge < -0.3 is 4.90 Å². The summed E-state index contributed by atoms with van der Waals surface area (Å²) in [7, 11) is 2.02. The van der Waals surface area contributed by atoms with Crippen molar-refractivity contribution < 1.29 is 4.57 Å². The third-order valence-corrected chi connectivity index (χ3v) is 5.25. The molecule has 2 heterocycles. The molecule has 0 N–H and O–H groups in total. The fourth-order valence-electron chi connectivity index (χ4n) is 2.70. The first-order valence-electron chi connectivity index (χ1n) is 7.95. The molecule has 4 nitrogen and oxygen atoms in total. The van der Waals surface area contributed by atoms with E-state index < -0.39 is 0 Å². The first-order chi connectivity index (χ1) is 10.7. The van der Waals surface area contributed by atoms with E-state index in [9.17, 15) is 0 Å². The van der Waals surface area contributed by atoms with Gasteiger partial charge in [0.15, 0.2) is 0 Å². The molecule has 5 heteroatoms. The first-order valence-corrected chi connectivity index (χ1v) is 8.83. The van der Waals surface area contributed by atoms with E-state index in [2.05, 4.69) is 56.3 Å². The van der Waals surface area contributed by atoms with Crippen LogP contribution in [0, 0.1) is 6.92 Å². The van der Waals surface area contributed by atoms with Crippen LogP contribution in [0.5, 0.6) is 0 Å². The van der Waals surface area contributed by atoms with Gasteiger partial charge in [-0.15, -0.1) is 0 Å². The maximum absolute atomic E-state index is 4.35. The average molecular weight is 315 g/mol. The number of rotatable bonds is 3. The standard InChI is InChI=1S/C17H23N4S/c1-14-13-22-17(20(14)2)19-18-15-7-9-16(10-8-15)21-11-5-3-4-6-12-21/h7-10,13H,3-6,11-12H2,1-2H3/q+1. The predicted octanol–water partition coefficient (Wildman–Crippen LogP) is 4.68. The molecule has 1 aliphatic heterocycles. The second-order valence-electron chi connectivity index (χ2n) is 5.84. The van der Waals surface area contributed by atoms with E-state index in [1.54, 1.807) is 11.3 Å². The molecule has 1 aromatic heterocycles. The van der Waals surface area contributed by atoms with Crippen molar-refractivity contribution in [1.82, 2.24) is 0 Å². The minimum Gasteiger partial charge on any atom is -0.372 e. The molecule has 0 spiro atoms. The molecule has 1 saturated heterocycles. The summed E-state index contributed by atoms with van der Waals surface area (Å²) in [6.07, 6.45) is 5.32. The van der Waals surface area contributed by atoms with Gasteiger partial charge in [-0.25, -0.2) is 4.57 Å². The quantitative estimate of drug-likeness (QED) is 0.598.